The molecular weight excluding hydrogens is 242 g/mol. The van der Waals surface area contributed by atoms with Gasteiger partial charge in [0.2, 0.25) is 5.78 Å². The molecule has 0 heterocycles. The second-order valence-corrected chi connectivity index (χ2v) is 5.03. The van der Waals surface area contributed by atoms with E-state index in [2.05, 4.69) is 10.5 Å². The summed E-state index contributed by atoms with van der Waals surface area (Å²) in [5.41, 5.74) is 8.19. The number of hydroxylamine groups is 1. The number of nitrogens with two attached hydrogens (primary N) is 1. The molecule has 5 heteroatoms. The Bertz CT molecular complexity index is 436. The van der Waals surface area contributed by atoms with Crippen LogP contribution in [0.5, 0.6) is 0 Å². The maximum absolute atomic E-state index is 12.3. The molecule has 1 aromatic rings. The van der Waals surface area contributed by atoms with Crippen molar-refractivity contribution in [2.45, 2.75) is 26.4 Å². The molecule has 1 rings (SSSR count). The van der Waals surface area contributed by atoms with Gasteiger partial charge in [-0.15, -0.1) is 0 Å². The zero-order chi connectivity index (χ0) is 14.3. The molecule has 0 spiro atoms. The molecule has 0 saturated heterocycles. The van der Waals surface area contributed by atoms with Crippen LogP contribution in [-0.4, -0.2) is 30.3 Å². The number of nitrogens with one attached hydrogen (secondary N) is 1. The van der Waals surface area contributed by atoms with Gasteiger partial charge in [0.05, 0.1) is 12.1 Å². The first kappa shape index (κ1) is 15.3. The van der Waals surface area contributed by atoms with Crippen LogP contribution in [0.15, 0.2) is 35.3 Å². The van der Waals surface area contributed by atoms with E-state index in [1.807, 2.05) is 26.8 Å². The highest BCUT2D eigenvalue weighted by Gasteiger charge is 2.17. The van der Waals surface area contributed by atoms with Gasteiger partial charge in [-0.25, -0.2) is 5.48 Å². The van der Waals surface area contributed by atoms with Crippen LogP contribution in [0.2, 0.25) is 0 Å². The fourth-order valence-corrected chi connectivity index (χ4v) is 1.25. The summed E-state index contributed by atoms with van der Waals surface area (Å²) in [6.07, 6.45) is 0. The molecule has 0 aliphatic rings. The number of hydrogen-bond acceptors (Lipinski definition) is 4. The van der Waals surface area contributed by atoms with Crippen LogP contribution in [-0.2, 0) is 4.84 Å². The van der Waals surface area contributed by atoms with Crippen molar-refractivity contribution in [2.75, 3.05) is 13.1 Å². The van der Waals surface area contributed by atoms with Crippen molar-refractivity contribution in [1.82, 2.24) is 5.48 Å². The maximum Gasteiger partial charge on any atom is 0.229 e. The monoisotopic (exact) mass is 263 g/mol. The summed E-state index contributed by atoms with van der Waals surface area (Å²) < 4.78 is 0. The van der Waals surface area contributed by atoms with Crippen LogP contribution in [0.4, 0.5) is 0 Å². The Balaban J connectivity index is 2.83. The van der Waals surface area contributed by atoms with Gasteiger partial charge in [0.15, 0.2) is 5.84 Å². The summed E-state index contributed by atoms with van der Waals surface area (Å²) in [5.74, 6) is -0.0372. The molecule has 0 radical (unpaired) electrons. The summed E-state index contributed by atoms with van der Waals surface area (Å²) in [6, 6.07) is 8.93. The molecule has 0 aliphatic heterocycles. The first-order valence-corrected chi connectivity index (χ1v) is 6.22. The number of rotatable bonds is 5. The quantitative estimate of drug-likeness (QED) is 0.366. The second-order valence-electron chi connectivity index (χ2n) is 5.03. The van der Waals surface area contributed by atoms with Gasteiger partial charge in [-0.3, -0.25) is 14.6 Å². The minimum atomic E-state index is -0.416. The van der Waals surface area contributed by atoms with Crippen LogP contribution >= 0.6 is 0 Å². The highest BCUT2D eigenvalue weighted by atomic mass is 16.7. The van der Waals surface area contributed by atoms with Crippen LogP contribution in [0.25, 0.3) is 0 Å². The molecule has 0 unspecified atom stereocenters. The largest absolute Gasteiger partial charge is 0.329 e. The summed E-state index contributed by atoms with van der Waals surface area (Å²) in [4.78, 5) is 21.8. The summed E-state index contributed by atoms with van der Waals surface area (Å²) in [7, 11) is 0. The lowest BCUT2D eigenvalue weighted by Gasteiger charge is -2.20. The molecular formula is C14H21N3O2. The van der Waals surface area contributed by atoms with E-state index in [4.69, 9.17) is 10.6 Å². The van der Waals surface area contributed by atoms with Crippen molar-refractivity contribution in [2.24, 2.45) is 10.7 Å². The lowest BCUT2D eigenvalue weighted by Crippen LogP contribution is -2.38. The Hall–Kier alpha value is -1.72. The Morgan fingerprint density at radius 2 is 1.95 bits per heavy atom. The van der Waals surface area contributed by atoms with Gasteiger partial charge in [0.1, 0.15) is 0 Å². The van der Waals surface area contributed by atoms with E-state index in [1.54, 1.807) is 24.3 Å². The fraction of sp³-hybridized carbons (Fsp3) is 0.429. The molecule has 5 nitrogen and oxygen atoms in total. The summed E-state index contributed by atoms with van der Waals surface area (Å²) in [5, 5.41) is 0. The summed E-state index contributed by atoms with van der Waals surface area (Å²) in [6.45, 7) is 6.39. The first-order chi connectivity index (χ1) is 8.94. The lowest BCUT2D eigenvalue weighted by molar-refractivity contribution is -0.0423. The minimum Gasteiger partial charge on any atom is -0.329 e. The number of benzene rings is 1. The molecule has 0 atom stereocenters. The smallest absolute Gasteiger partial charge is 0.229 e. The molecule has 19 heavy (non-hydrogen) atoms. The number of carbonyl (C=O) groups excluding carboxylic acids is 1. The van der Waals surface area contributed by atoms with E-state index in [1.165, 1.54) is 0 Å². The normalized spacial score (nSPS) is 12.3. The van der Waals surface area contributed by atoms with Gasteiger partial charge in [0, 0.05) is 12.1 Å². The molecule has 0 amide bonds. The van der Waals surface area contributed by atoms with Gasteiger partial charge in [-0.05, 0) is 20.8 Å². The number of hydrogen-bond donors (Lipinski definition) is 2. The average Bonchev–Trinajstić information content (AvgIpc) is 2.38. The van der Waals surface area contributed by atoms with Crippen molar-refractivity contribution < 1.29 is 9.63 Å². The summed E-state index contributed by atoms with van der Waals surface area (Å²) >= 11 is 0. The first-order valence-electron chi connectivity index (χ1n) is 6.22. The van der Waals surface area contributed by atoms with E-state index in [0.29, 0.717) is 18.7 Å². The number of nitrogens with zero attached hydrogens (tertiary/aromatic N) is 1. The predicted molar refractivity (Wildman–Crippen MR) is 76.1 cm³/mol. The molecule has 104 valence electrons. The van der Waals surface area contributed by atoms with Crippen LogP contribution in [0.3, 0.4) is 0 Å². The Morgan fingerprint density at radius 1 is 1.32 bits per heavy atom. The Kier molecular flexibility index (Phi) is 5.66. The van der Waals surface area contributed by atoms with Gasteiger partial charge >= 0.3 is 0 Å². The molecule has 0 aromatic heterocycles. The van der Waals surface area contributed by atoms with E-state index in [-0.39, 0.29) is 11.6 Å². The van der Waals surface area contributed by atoms with Crippen LogP contribution in [0.1, 0.15) is 31.1 Å². The Morgan fingerprint density at radius 3 is 2.47 bits per heavy atom. The average molecular weight is 263 g/mol. The van der Waals surface area contributed by atoms with Crippen molar-refractivity contribution in [3.05, 3.63) is 35.9 Å². The molecule has 0 aliphatic carbocycles. The highest BCUT2D eigenvalue weighted by molar-refractivity contribution is 6.44. The van der Waals surface area contributed by atoms with Gasteiger partial charge in [-0.2, -0.15) is 0 Å². The number of aliphatic imine (C=N–C) groups is 1. The number of carbonyl (C=O) groups is 1. The predicted octanol–water partition coefficient (Wildman–Crippen LogP) is 1.55. The topological polar surface area (TPSA) is 76.7 Å². The van der Waals surface area contributed by atoms with E-state index in [9.17, 15) is 4.79 Å². The molecule has 0 fully saturated rings. The van der Waals surface area contributed by atoms with Crippen molar-refractivity contribution >= 4 is 11.6 Å². The standard InChI is InChI=1S/C14H21N3O2/c1-14(2,3)19-17-13(16-10-9-15)12(18)11-7-5-4-6-8-11/h4-8H,9-10,15H2,1-3H3,(H,16,17). The number of ketones is 1. The zero-order valence-corrected chi connectivity index (χ0v) is 11.6. The maximum atomic E-state index is 12.3. The SMILES string of the molecule is CC(C)(C)ONC(=NCCN)C(=O)c1ccccc1. The molecule has 0 bridgehead atoms. The van der Waals surface area contributed by atoms with Gasteiger partial charge < -0.3 is 5.73 Å². The van der Waals surface area contributed by atoms with Gasteiger partial charge in [0.25, 0.3) is 0 Å². The molecule has 0 saturated carbocycles. The minimum absolute atomic E-state index is 0.173. The van der Waals surface area contributed by atoms with Crippen LogP contribution < -0.4 is 11.2 Å². The zero-order valence-electron chi connectivity index (χ0n) is 11.6. The van der Waals surface area contributed by atoms with Crippen molar-refractivity contribution in [3.63, 3.8) is 0 Å². The third-order valence-corrected chi connectivity index (χ3v) is 2.10. The van der Waals surface area contributed by atoms with Gasteiger partial charge in [-0.1, -0.05) is 30.3 Å². The van der Waals surface area contributed by atoms with Crippen molar-refractivity contribution in [3.8, 4) is 0 Å². The second kappa shape index (κ2) is 7.01. The Labute approximate surface area is 113 Å². The van der Waals surface area contributed by atoms with E-state index < -0.39 is 5.60 Å². The van der Waals surface area contributed by atoms with Crippen LogP contribution in [0, 0.1) is 0 Å². The van der Waals surface area contributed by atoms with E-state index >= 15 is 0 Å². The molecule has 1 aromatic carbocycles. The molecule has 3 N–H and O–H groups in total. The number of Topliss-reactive ketones (excluding diaryl/α,β-unsaturated/α-hetero) is 1. The third-order valence-electron chi connectivity index (χ3n) is 2.10. The highest BCUT2D eigenvalue weighted by Crippen LogP contribution is 2.05. The van der Waals surface area contributed by atoms with E-state index in [0.717, 1.165) is 0 Å². The lowest BCUT2D eigenvalue weighted by atomic mass is 10.1. The third kappa shape index (κ3) is 5.63. The fourth-order valence-electron chi connectivity index (χ4n) is 1.25. The number of amidine groups is 1. The van der Waals surface area contributed by atoms with Crippen molar-refractivity contribution in [1.29, 1.82) is 0 Å².